The highest BCUT2D eigenvalue weighted by molar-refractivity contribution is 6.14. The Morgan fingerprint density at radius 3 is 0.940 bits per heavy atom. The molecule has 0 aliphatic carbocycles. The topological polar surface area (TPSA) is 80.6 Å². The minimum atomic E-state index is 0.594. The number of benzene rings is 11. The summed E-state index contributed by atoms with van der Waals surface area (Å²) in [4.78, 5) is 21.3. The maximum atomic E-state index is 6.94. The number of hydrogen-bond acceptors (Lipinski definition) is 10. The first kappa shape index (κ1) is 46.4. The van der Waals surface area contributed by atoms with Crippen molar-refractivity contribution < 1.29 is 18.9 Å². The molecule has 83 heavy (non-hydrogen) atoms. The summed E-state index contributed by atoms with van der Waals surface area (Å²) < 4.78 is 29.9. The van der Waals surface area contributed by atoms with Crippen LogP contribution in [0.2, 0.25) is 0 Å². The van der Waals surface area contributed by atoms with Crippen LogP contribution in [-0.2, 0) is 0 Å². The molecule has 4 aliphatic rings. The third kappa shape index (κ3) is 7.18. The van der Waals surface area contributed by atoms with Gasteiger partial charge in [0.05, 0.1) is 56.5 Å². The van der Waals surface area contributed by atoms with E-state index in [1.54, 1.807) is 0 Å². The quantitative estimate of drug-likeness (QED) is 0.154. The Morgan fingerprint density at radius 1 is 0.253 bits per heavy atom. The first-order valence-corrected chi connectivity index (χ1v) is 27.6. The number of aromatic nitrogens is 3. The maximum absolute atomic E-state index is 6.94. The Bertz CT molecular complexity index is 4370. The first-order valence-electron chi connectivity index (χ1n) is 27.6. The molecule has 17 rings (SSSR count). The van der Waals surface area contributed by atoms with Crippen molar-refractivity contribution in [3.8, 4) is 74.2 Å². The van der Waals surface area contributed by atoms with Gasteiger partial charge in [-0.25, -0.2) is 9.97 Å². The van der Waals surface area contributed by atoms with Gasteiger partial charge in [-0.15, -0.1) is 0 Å². The second-order valence-corrected chi connectivity index (χ2v) is 20.5. The lowest BCUT2D eigenvalue weighted by molar-refractivity contribution is 0.475. The zero-order chi connectivity index (χ0) is 54.5. The minimum absolute atomic E-state index is 0.594. The highest BCUT2D eigenvalue weighted by Gasteiger charge is 2.43. The van der Waals surface area contributed by atoms with Gasteiger partial charge in [0.1, 0.15) is 17.2 Å². The van der Waals surface area contributed by atoms with Gasteiger partial charge in [0.15, 0.2) is 57.6 Å². The SMILES string of the molecule is c1ccc(-n2c(-c3ccccc3-c3c(N4c5ccccc5Oc5ccccc54)c(N4c5ccccc5Oc5ccccc54)nc(N4c5ccccc5Oc5ccccc54)c3N3c4ccccc4Oc4ccccc43)nc3ccccc32)cc1. The van der Waals surface area contributed by atoms with E-state index in [1.807, 2.05) is 97.1 Å². The van der Waals surface area contributed by atoms with Crippen LogP contribution in [0.15, 0.2) is 273 Å². The summed E-state index contributed by atoms with van der Waals surface area (Å²) in [6, 6.07) is 93.3. The van der Waals surface area contributed by atoms with E-state index in [4.69, 9.17) is 28.9 Å². The number of rotatable bonds is 7. The van der Waals surface area contributed by atoms with Crippen LogP contribution in [0, 0.1) is 0 Å². The molecule has 0 fully saturated rings. The number of pyridine rings is 1. The molecule has 0 spiro atoms. The number of fused-ring (bicyclic) bond motifs is 9. The molecule has 0 unspecified atom stereocenters. The number of ether oxygens (including phenoxy) is 4. The molecule has 0 bridgehead atoms. The van der Waals surface area contributed by atoms with Crippen molar-refractivity contribution in [2.45, 2.75) is 0 Å². The Kier molecular flexibility index (Phi) is 10.3. The van der Waals surface area contributed by atoms with Gasteiger partial charge in [0.25, 0.3) is 0 Å². The van der Waals surface area contributed by atoms with Gasteiger partial charge in [-0.05, 0) is 127 Å². The molecule has 2 aromatic heterocycles. The van der Waals surface area contributed by atoms with E-state index in [2.05, 4.69) is 200 Å². The van der Waals surface area contributed by atoms with Crippen LogP contribution in [0.5, 0.6) is 46.0 Å². The summed E-state index contributed by atoms with van der Waals surface area (Å²) in [7, 11) is 0. The standard InChI is InChI=1S/C72H45N7O4/c1-2-24-46(25-3-1)75-50-29-7-6-28-49(50)73-70(75)48-27-5-4-26-47(48)67-68(76-51-30-8-16-38-59(51)80-60-39-17-9-31-52(60)76)71(78-55-34-12-20-42-63(55)82-64-43-21-13-35-56(64)78)74-72(79-57-36-14-22-44-65(57)83-66-45-23-15-37-58(66)79)69(67)77-53-32-10-18-40-61(53)81-62-41-19-11-33-54(62)77/h1-45H. The summed E-state index contributed by atoms with van der Waals surface area (Å²) in [5.74, 6) is 7.32. The zero-order valence-electron chi connectivity index (χ0n) is 44.2. The van der Waals surface area contributed by atoms with Crippen molar-refractivity contribution in [1.29, 1.82) is 0 Å². The van der Waals surface area contributed by atoms with Crippen molar-refractivity contribution >= 4 is 79.5 Å². The van der Waals surface area contributed by atoms with Gasteiger partial charge in [-0.3, -0.25) is 24.2 Å². The fraction of sp³-hybridized carbons (Fsp3) is 0. The van der Waals surface area contributed by atoms with E-state index in [1.165, 1.54) is 0 Å². The number of hydrogen-bond donors (Lipinski definition) is 0. The van der Waals surface area contributed by atoms with Crippen LogP contribution in [0.1, 0.15) is 0 Å². The summed E-state index contributed by atoms with van der Waals surface area (Å²) in [5.41, 5.74) is 13.2. The first-order chi connectivity index (χ1) is 41.2. The van der Waals surface area contributed by atoms with Crippen LogP contribution in [-0.4, -0.2) is 14.5 Å². The summed E-state index contributed by atoms with van der Waals surface area (Å²) >= 11 is 0. The Hall–Kier alpha value is -11.6. The Morgan fingerprint density at radius 2 is 0.554 bits per heavy atom. The summed E-state index contributed by atoms with van der Waals surface area (Å²) in [6.07, 6.45) is 0. The average molecular weight is 1070 g/mol. The Labute approximate surface area is 477 Å². The molecular formula is C72H45N7O4. The van der Waals surface area contributed by atoms with Gasteiger partial charge < -0.3 is 18.9 Å². The van der Waals surface area contributed by atoms with Crippen LogP contribution in [0.3, 0.4) is 0 Å². The van der Waals surface area contributed by atoms with Gasteiger partial charge in [0.2, 0.25) is 0 Å². The van der Waals surface area contributed by atoms with E-state index in [9.17, 15) is 0 Å². The molecule has 0 saturated carbocycles. The highest BCUT2D eigenvalue weighted by Crippen LogP contribution is 2.66. The fourth-order valence-corrected chi connectivity index (χ4v) is 12.2. The molecule has 0 radical (unpaired) electrons. The molecule has 6 heterocycles. The predicted molar refractivity (Wildman–Crippen MR) is 329 cm³/mol. The van der Waals surface area contributed by atoms with Gasteiger partial charge in [-0.1, -0.05) is 152 Å². The van der Waals surface area contributed by atoms with Crippen LogP contribution in [0.25, 0.3) is 39.2 Å². The molecule has 4 aliphatic heterocycles. The third-order valence-corrected chi connectivity index (χ3v) is 15.7. The zero-order valence-corrected chi connectivity index (χ0v) is 44.2. The monoisotopic (exact) mass is 1070 g/mol. The van der Waals surface area contributed by atoms with Gasteiger partial charge in [0, 0.05) is 16.8 Å². The second-order valence-electron chi connectivity index (χ2n) is 20.5. The number of anilines is 12. The molecule has 11 heteroatoms. The lowest BCUT2D eigenvalue weighted by Gasteiger charge is -2.43. The average Bonchev–Trinajstić information content (AvgIpc) is 1.33. The van der Waals surface area contributed by atoms with Crippen molar-refractivity contribution in [1.82, 2.24) is 14.5 Å². The molecule has 0 atom stereocenters. The largest absolute Gasteiger partial charge is 0.453 e. The van der Waals surface area contributed by atoms with E-state index < -0.39 is 0 Å². The molecule has 0 saturated heterocycles. The molecule has 11 nitrogen and oxygen atoms in total. The third-order valence-electron chi connectivity index (χ3n) is 15.7. The summed E-state index contributed by atoms with van der Waals surface area (Å²) in [6.45, 7) is 0. The summed E-state index contributed by atoms with van der Waals surface area (Å²) in [5, 5.41) is 0. The highest BCUT2D eigenvalue weighted by atomic mass is 16.5. The lowest BCUT2D eigenvalue weighted by atomic mass is 9.92. The smallest absolute Gasteiger partial charge is 0.165 e. The minimum Gasteiger partial charge on any atom is -0.453 e. The predicted octanol–water partition coefficient (Wildman–Crippen LogP) is 20.1. The molecule has 11 aromatic carbocycles. The number of para-hydroxylation sites is 19. The van der Waals surface area contributed by atoms with Gasteiger partial charge in [-0.2, -0.15) is 0 Å². The second kappa shape index (κ2) is 18.5. The molecule has 392 valence electrons. The maximum Gasteiger partial charge on any atom is 0.165 e. The van der Waals surface area contributed by atoms with E-state index in [0.717, 1.165) is 96.1 Å². The van der Waals surface area contributed by atoms with Crippen LogP contribution < -0.4 is 38.5 Å². The van der Waals surface area contributed by atoms with Crippen molar-refractivity contribution in [2.75, 3.05) is 19.6 Å². The van der Waals surface area contributed by atoms with E-state index in [-0.39, 0.29) is 0 Å². The van der Waals surface area contributed by atoms with Gasteiger partial charge >= 0.3 is 0 Å². The van der Waals surface area contributed by atoms with Crippen molar-refractivity contribution in [3.63, 3.8) is 0 Å². The number of nitrogens with zero attached hydrogens (tertiary/aromatic N) is 7. The van der Waals surface area contributed by atoms with E-state index >= 15 is 0 Å². The van der Waals surface area contributed by atoms with Crippen LogP contribution >= 0.6 is 0 Å². The lowest BCUT2D eigenvalue weighted by Crippen LogP contribution is -2.28. The molecular weight excluding hydrogens is 1030 g/mol. The molecule has 0 amide bonds. The molecule has 0 N–H and O–H groups in total. The fourth-order valence-electron chi connectivity index (χ4n) is 12.2. The van der Waals surface area contributed by atoms with Crippen molar-refractivity contribution in [2.24, 2.45) is 0 Å². The van der Waals surface area contributed by atoms with Crippen molar-refractivity contribution in [3.05, 3.63) is 273 Å². The Balaban J connectivity index is 1.14. The van der Waals surface area contributed by atoms with Crippen LogP contribution in [0.4, 0.5) is 68.5 Å². The molecule has 13 aromatic rings. The normalized spacial score (nSPS) is 13.1. The van der Waals surface area contributed by atoms with E-state index in [0.29, 0.717) is 57.6 Å². The number of imidazole rings is 1.